The summed E-state index contributed by atoms with van der Waals surface area (Å²) in [6, 6.07) is 0.365. The predicted octanol–water partition coefficient (Wildman–Crippen LogP) is 3.07. The smallest absolute Gasteiger partial charge is 0.188 e. The summed E-state index contributed by atoms with van der Waals surface area (Å²) in [7, 11) is 0. The van der Waals surface area contributed by atoms with Crippen LogP contribution in [-0.2, 0) is 9.59 Å². The number of ketones is 2. The summed E-state index contributed by atoms with van der Waals surface area (Å²) in [6.07, 6.45) is 14.8. The van der Waals surface area contributed by atoms with Crippen LogP contribution in [0.2, 0.25) is 0 Å². The van der Waals surface area contributed by atoms with E-state index in [-0.39, 0.29) is 11.6 Å². The lowest BCUT2D eigenvalue weighted by molar-refractivity contribution is -0.114. The molecule has 0 radical (unpaired) electrons. The van der Waals surface area contributed by atoms with Gasteiger partial charge in [0.05, 0.1) is 11.1 Å². The van der Waals surface area contributed by atoms with Gasteiger partial charge in [0.2, 0.25) is 0 Å². The van der Waals surface area contributed by atoms with Gasteiger partial charge in [-0.3, -0.25) is 9.59 Å². The standard InChI is InChI=1S/C20H26N2O2/c1-2-3-4-13-5-7-14(8-6-13)22-16-10-12-17(23)19-15(21)9-11-18(24)20(16)19/h9-14,22H,2-8,21H2,1H3. The molecule has 4 nitrogen and oxygen atoms in total. The normalized spacial score (nSPS) is 26.9. The topological polar surface area (TPSA) is 72.2 Å². The van der Waals surface area contributed by atoms with Gasteiger partial charge in [-0.05, 0) is 55.9 Å². The van der Waals surface area contributed by atoms with E-state index in [0.717, 1.165) is 24.5 Å². The van der Waals surface area contributed by atoms with Crippen molar-refractivity contribution < 1.29 is 9.59 Å². The number of hydrogen-bond donors (Lipinski definition) is 2. The average Bonchev–Trinajstić information content (AvgIpc) is 2.59. The third-order valence-electron chi connectivity index (χ3n) is 5.29. The summed E-state index contributed by atoms with van der Waals surface area (Å²) < 4.78 is 0. The highest BCUT2D eigenvalue weighted by Gasteiger charge is 2.30. The zero-order valence-corrected chi connectivity index (χ0v) is 14.3. The van der Waals surface area contributed by atoms with Crippen LogP contribution in [0.4, 0.5) is 0 Å². The molecule has 128 valence electrons. The van der Waals surface area contributed by atoms with Crippen LogP contribution in [-0.4, -0.2) is 17.6 Å². The lowest BCUT2D eigenvalue weighted by atomic mass is 9.82. The largest absolute Gasteiger partial charge is 0.398 e. The second kappa shape index (κ2) is 7.20. The van der Waals surface area contributed by atoms with E-state index in [2.05, 4.69) is 12.2 Å². The zero-order valence-electron chi connectivity index (χ0n) is 14.3. The molecular weight excluding hydrogens is 300 g/mol. The average molecular weight is 326 g/mol. The third-order valence-corrected chi connectivity index (χ3v) is 5.29. The van der Waals surface area contributed by atoms with Gasteiger partial charge >= 0.3 is 0 Å². The summed E-state index contributed by atoms with van der Waals surface area (Å²) in [5, 5.41) is 3.50. The van der Waals surface area contributed by atoms with Gasteiger partial charge in [-0.25, -0.2) is 0 Å². The van der Waals surface area contributed by atoms with Crippen molar-refractivity contribution >= 4 is 11.6 Å². The monoisotopic (exact) mass is 326 g/mol. The van der Waals surface area contributed by atoms with Crippen LogP contribution in [0, 0.1) is 5.92 Å². The van der Waals surface area contributed by atoms with Gasteiger partial charge in [0, 0.05) is 17.4 Å². The molecule has 0 aromatic rings. The van der Waals surface area contributed by atoms with Crippen LogP contribution in [0.5, 0.6) is 0 Å². The first-order valence-corrected chi connectivity index (χ1v) is 9.06. The second-order valence-corrected chi connectivity index (χ2v) is 7.02. The molecule has 0 heterocycles. The maximum atomic E-state index is 12.3. The predicted molar refractivity (Wildman–Crippen MR) is 94.9 cm³/mol. The molecule has 0 unspecified atom stereocenters. The Labute approximate surface area is 143 Å². The van der Waals surface area contributed by atoms with Gasteiger partial charge in [0.25, 0.3) is 0 Å². The van der Waals surface area contributed by atoms with Crippen LogP contribution in [0.15, 0.2) is 46.8 Å². The van der Waals surface area contributed by atoms with E-state index >= 15 is 0 Å². The summed E-state index contributed by atoms with van der Waals surface area (Å²) in [5.41, 5.74) is 7.84. The zero-order chi connectivity index (χ0) is 17.1. The molecule has 1 fully saturated rings. The number of nitrogens with one attached hydrogen (secondary N) is 1. The van der Waals surface area contributed by atoms with Gasteiger partial charge in [-0.15, -0.1) is 0 Å². The molecule has 0 aromatic heterocycles. The van der Waals surface area contributed by atoms with Crippen molar-refractivity contribution in [3.8, 4) is 0 Å². The minimum Gasteiger partial charge on any atom is -0.398 e. The van der Waals surface area contributed by atoms with E-state index in [4.69, 9.17) is 5.73 Å². The molecular formula is C20H26N2O2. The van der Waals surface area contributed by atoms with Crippen LogP contribution in [0.3, 0.4) is 0 Å². The minimum absolute atomic E-state index is 0.143. The van der Waals surface area contributed by atoms with Crippen LogP contribution in [0.25, 0.3) is 0 Å². The highest BCUT2D eigenvalue weighted by atomic mass is 16.1. The maximum absolute atomic E-state index is 12.3. The van der Waals surface area contributed by atoms with E-state index < -0.39 is 0 Å². The fourth-order valence-electron chi connectivity index (χ4n) is 3.89. The number of hydrogen-bond acceptors (Lipinski definition) is 4. The minimum atomic E-state index is -0.186. The van der Waals surface area contributed by atoms with Crippen molar-refractivity contribution in [1.29, 1.82) is 0 Å². The lowest BCUT2D eigenvalue weighted by Gasteiger charge is -2.31. The Kier molecular flexibility index (Phi) is 5.03. The van der Waals surface area contributed by atoms with Crippen molar-refractivity contribution in [3.63, 3.8) is 0 Å². The van der Waals surface area contributed by atoms with Gasteiger partial charge in [0.1, 0.15) is 0 Å². The molecule has 3 aliphatic rings. The van der Waals surface area contributed by atoms with Crippen LogP contribution >= 0.6 is 0 Å². The number of carbonyl (C=O) groups is 2. The second-order valence-electron chi connectivity index (χ2n) is 7.02. The van der Waals surface area contributed by atoms with Crippen molar-refractivity contribution in [1.82, 2.24) is 5.32 Å². The van der Waals surface area contributed by atoms with E-state index in [1.165, 1.54) is 50.3 Å². The van der Waals surface area contributed by atoms with Crippen molar-refractivity contribution in [3.05, 3.63) is 46.8 Å². The molecule has 0 atom stereocenters. The Bertz CT molecular complexity index is 659. The number of unbranched alkanes of at least 4 members (excludes halogenated alkanes) is 1. The maximum Gasteiger partial charge on any atom is 0.188 e. The molecule has 0 amide bonds. The molecule has 3 aliphatic carbocycles. The molecule has 0 spiro atoms. The summed E-state index contributed by atoms with van der Waals surface area (Å²) in [6.45, 7) is 2.24. The lowest BCUT2D eigenvalue weighted by Crippen LogP contribution is -2.35. The SMILES string of the molecule is CCCCC1CCC(NC2=C3C(=O)C=CC(N)=C3C(=O)C=C2)CC1. The highest BCUT2D eigenvalue weighted by molar-refractivity contribution is 6.23. The van der Waals surface area contributed by atoms with Crippen molar-refractivity contribution in [2.24, 2.45) is 11.7 Å². The van der Waals surface area contributed by atoms with Crippen LogP contribution < -0.4 is 11.1 Å². The quantitative estimate of drug-likeness (QED) is 0.814. The molecule has 1 saturated carbocycles. The number of fused-ring (bicyclic) bond motifs is 1. The van der Waals surface area contributed by atoms with Crippen molar-refractivity contribution in [2.75, 3.05) is 0 Å². The van der Waals surface area contributed by atoms with Gasteiger partial charge in [-0.1, -0.05) is 26.2 Å². The Hall–Kier alpha value is -2.10. The fourth-order valence-corrected chi connectivity index (χ4v) is 3.89. The first-order valence-electron chi connectivity index (χ1n) is 9.06. The molecule has 0 saturated heterocycles. The molecule has 3 N–H and O–H groups in total. The first kappa shape index (κ1) is 16.7. The molecule has 0 aromatic carbocycles. The number of allylic oxidation sites excluding steroid dienone is 6. The molecule has 0 aliphatic heterocycles. The molecule has 4 heteroatoms. The van der Waals surface area contributed by atoms with E-state index in [1.54, 1.807) is 6.08 Å². The third kappa shape index (κ3) is 3.37. The summed E-state index contributed by atoms with van der Waals surface area (Å²) in [5.74, 6) is 0.513. The molecule has 24 heavy (non-hydrogen) atoms. The molecule has 0 bridgehead atoms. The van der Waals surface area contributed by atoms with Gasteiger partial charge in [0.15, 0.2) is 11.6 Å². The van der Waals surface area contributed by atoms with E-state index in [0.29, 0.717) is 22.9 Å². The molecule has 3 rings (SSSR count). The Morgan fingerprint density at radius 1 is 1.00 bits per heavy atom. The number of rotatable bonds is 5. The van der Waals surface area contributed by atoms with Gasteiger partial charge in [-0.2, -0.15) is 0 Å². The fraction of sp³-hybridized carbons (Fsp3) is 0.500. The number of carbonyl (C=O) groups excluding carboxylic acids is 2. The van der Waals surface area contributed by atoms with Gasteiger partial charge < -0.3 is 11.1 Å². The Morgan fingerprint density at radius 3 is 2.38 bits per heavy atom. The number of nitrogens with two attached hydrogens (primary N) is 1. The Morgan fingerprint density at radius 2 is 1.67 bits per heavy atom. The Balaban J connectivity index is 1.71. The van der Waals surface area contributed by atoms with E-state index in [9.17, 15) is 9.59 Å². The van der Waals surface area contributed by atoms with Crippen molar-refractivity contribution in [2.45, 2.75) is 57.9 Å². The van der Waals surface area contributed by atoms with Crippen LogP contribution in [0.1, 0.15) is 51.9 Å². The highest BCUT2D eigenvalue weighted by Crippen LogP contribution is 2.31. The summed E-state index contributed by atoms with van der Waals surface area (Å²) >= 11 is 0. The summed E-state index contributed by atoms with van der Waals surface area (Å²) in [4.78, 5) is 24.4. The van der Waals surface area contributed by atoms with E-state index in [1.807, 2.05) is 0 Å². The first-order chi connectivity index (χ1) is 11.6.